The molecule has 4 N–H and O–H groups in total. The summed E-state index contributed by atoms with van der Waals surface area (Å²) in [4.78, 5) is 33.0. The summed E-state index contributed by atoms with van der Waals surface area (Å²) in [5.41, 5.74) is 0.623. The number of nitrogens with one attached hydrogen (secondary N) is 3. The molecule has 0 aliphatic rings. The van der Waals surface area contributed by atoms with Gasteiger partial charge in [0, 0.05) is 12.2 Å². The van der Waals surface area contributed by atoms with E-state index >= 15 is 0 Å². The van der Waals surface area contributed by atoms with Gasteiger partial charge in [0.2, 0.25) is 5.91 Å². The number of ether oxygens (including phenoxy) is 1. The summed E-state index contributed by atoms with van der Waals surface area (Å²) in [7, 11) is 0. The molecule has 8 heteroatoms. The van der Waals surface area contributed by atoms with Crippen molar-refractivity contribution in [3.8, 4) is 0 Å². The maximum Gasteiger partial charge on any atom is 0.329 e. The van der Waals surface area contributed by atoms with E-state index in [4.69, 9.17) is 9.84 Å². The number of amides is 3. The van der Waals surface area contributed by atoms with Gasteiger partial charge >= 0.3 is 12.0 Å². The first kappa shape index (κ1) is 16.4. The van der Waals surface area contributed by atoms with E-state index in [2.05, 4.69) is 16.0 Å². The molecule has 0 fully saturated rings. The second-order valence-corrected chi connectivity index (χ2v) is 3.97. The minimum atomic E-state index is -1.07. The predicted octanol–water partition coefficient (Wildman–Crippen LogP) is 0.0255. The molecular weight excluding hydrogens is 278 g/mol. The third-order valence-corrected chi connectivity index (χ3v) is 2.24. The minimum absolute atomic E-state index is 0.0915. The van der Waals surface area contributed by atoms with Crippen LogP contribution in [0.2, 0.25) is 0 Å². The van der Waals surface area contributed by atoms with Crippen LogP contribution in [0, 0.1) is 0 Å². The highest BCUT2D eigenvalue weighted by atomic mass is 16.5. The number of aliphatic carboxylic acids is 1. The van der Waals surface area contributed by atoms with Crippen molar-refractivity contribution in [3.63, 3.8) is 0 Å². The normalized spacial score (nSPS) is 9.71. The van der Waals surface area contributed by atoms with Gasteiger partial charge in [-0.3, -0.25) is 4.79 Å². The van der Waals surface area contributed by atoms with Crippen LogP contribution in [0.3, 0.4) is 0 Å². The lowest BCUT2D eigenvalue weighted by atomic mass is 10.3. The smallest absolute Gasteiger partial charge is 0.329 e. The van der Waals surface area contributed by atoms with Gasteiger partial charge in [-0.1, -0.05) is 18.2 Å². The van der Waals surface area contributed by atoms with E-state index < -0.39 is 24.5 Å². The van der Waals surface area contributed by atoms with Crippen LogP contribution < -0.4 is 16.0 Å². The zero-order valence-electron chi connectivity index (χ0n) is 11.3. The fourth-order valence-electron chi connectivity index (χ4n) is 1.34. The molecule has 0 heterocycles. The summed E-state index contributed by atoms with van der Waals surface area (Å²) in [6.45, 7) is -0.326. The number of rotatable bonds is 8. The molecule has 21 heavy (non-hydrogen) atoms. The molecule has 0 spiro atoms. The standard InChI is InChI=1S/C13H17N3O5/c17-11(14-6-7-21-9-12(18)19)8-15-13(20)16-10-4-2-1-3-5-10/h1-5H,6-9H2,(H,14,17)(H,18,19)(H2,15,16,20). The van der Waals surface area contributed by atoms with E-state index in [1.807, 2.05) is 6.07 Å². The van der Waals surface area contributed by atoms with Crippen LogP contribution >= 0.6 is 0 Å². The number of carboxylic acids is 1. The van der Waals surface area contributed by atoms with Crippen LogP contribution in [0.1, 0.15) is 0 Å². The van der Waals surface area contributed by atoms with Gasteiger partial charge in [0.1, 0.15) is 6.61 Å². The topological polar surface area (TPSA) is 117 Å². The number of urea groups is 1. The van der Waals surface area contributed by atoms with Gasteiger partial charge in [0.05, 0.1) is 13.2 Å². The maximum atomic E-state index is 11.5. The molecule has 0 aromatic heterocycles. The van der Waals surface area contributed by atoms with Gasteiger partial charge in [-0.2, -0.15) is 0 Å². The Morgan fingerprint density at radius 1 is 1.10 bits per heavy atom. The Morgan fingerprint density at radius 3 is 2.48 bits per heavy atom. The maximum absolute atomic E-state index is 11.5. The molecule has 0 bridgehead atoms. The molecule has 0 unspecified atom stereocenters. The largest absolute Gasteiger partial charge is 0.480 e. The number of hydrogen-bond acceptors (Lipinski definition) is 4. The van der Waals surface area contributed by atoms with Gasteiger partial charge in [0.15, 0.2) is 0 Å². The highest BCUT2D eigenvalue weighted by molar-refractivity contribution is 5.92. The number of anilines is 1. The number of carbonyl (C=O) groups excluding carboxylic acids is 2. The molecule has 0 radical (unpaired) electrons. The average molecular weight is 295 g/mol. The summed E-state index contributed by atoms with van der Waals surface area (Å²) < 4.78 is 4.74. The molecular formula is C13H17N3O5. The molecule has 114 valence electrons. The van der Waals surface area contributed by atoms with Gasteiger partial charge in [-0.05, 0) is 12.1 Å². The Morgan fingerprint density at radius 2 is 1.81 bits per heavy atom. The van der Waals surface area contributed by atoms with E-state index in [9.17, 15) is 14.4 Å². The van der Waals surface area contributed by atoms with Crippen LogP contribution in [0.5, 0.6) is 0 Å². The first-order valence-corrected chi connectivity index (χ1v) is 6.24. The van der Waals surface area contributed by atoms with E-state index in [-0.39, 0.29) is 19.7 Å². The van der Waals surface area contributed by atoms with Crippen LogP contribution in [0.4, 0.5) is 10.5 Å². The molecule has 0 saturated carbocycles. The molecule has 0 aliphatic heterocycles. The predicted molar refractivity (Wildman–Crippen MR) is 74.9 cm³/mol. The first-order chi connectivity index (χ1) is 10.1. The van der Waals surface area contributed by atoms with Crippen molar-refractivity contribution >= 4 is 23.6 Å². The Bertz CT molecular complexity index is 478. The third-order valence-electron chi connectivity index (χ3n) is 2.24. The highest BCUT2D eigenvalue weighted by Gasteiger charge is 2.05. The van der Waals surface area contributed by atoms with Gasteiger partial charge < -0.3 is 25.8 Å². The molecule has 1 aromatic rings. The van der Waals surface area contributed by atoms with Crippen molar-refractivity contribution < 1.29 is 24.2 Å². The number of carbonyl (C=O) groups is 3. The summed E-state index contributed by atoms with van der Waals surface area (Å²) in [5.74, 6) is -1.46. The lowest BCUT2D eigenvalue weighted by molar-refractivity contribution is -0.142. The van der Waals surface area contributed by atoms with Crippen LogP contribution in [-0.2, 0) is 14.3 Å². The van der Waals surface area contributed by atoms with E-state index in [1.54, 1.807) is 24.3 Å². The molecule has 8 nitrogen and oxygen atoms in total. The zero-order valence-corrected chi connectivity index (χ0v) is 11.3. The van der Waals surface area contributed by atoms with Crippen molar-refractivity contribution in [2.24, 2.45) is 0 Å². The average Bonchev–Trinajstić information content (AvgIpc) is 2.45. The van der Waals surface area contributed by atoms with Gasteiger partial charge in [0.25, 0.3) is 0 Å². The monoisotopic (exact) mass is 295 g/mol. The summed E-state index contributed by atoms with van der Waals surface area (Å²) >= 11 is 0. The lowest BCUT2D eigenvalue weighted by Gasteiger charge is -2.08. The fraction of sp³-hybridized carbons (Fsp3) is 0.308. The molecule has 0 saturated heterocycles. The highest BCUT2D eigenvalue weighted by Crippen LogP contribution is 2.03. The molecule has 3 amide bonds. The van der Waals surface area contributed by atoms with Crippen LogP contribution in [0.25, 0.3) is 0 Å². The first-order valence-electron chi connectivity index (χ1n) is 6.24. The van der Waals surface area contributed by atoms with E-state index in [1.165, 1.54) is 0 Å². The van der Waals surface area contributed by atoms with Gasteiger partial charge in [-0.15, -0.1) is 0 Å². The quantitative estimate of drug-likeness (QED) is 0.505. The Hall–Kier alpha value is -2.61. The Labute approximate surface area is 121 Å². The number of para-hydroxylation sites is 1. The lowest BCUT2D eigenvalue weighted by Crippen LogP contribution is -2.40. The molecule has 1 aromatic carbocycles. The van der Waals surface area contributed by atoms with E-state index in [0.29, 0.717) is 5.69 Å². The van der Waals surface area contributed by atoms with Crippen LogP contribution in [-0.4, -0.2) is 49.3 Å². The van der Waals surface area contributed by atoms with Crippen molar-refractivity contribution in [2.75, 3.05) is 31.6 Å². The van der Waals surface area contributed by atoms with Crippen molar-refractivity contribution in [2.45, 2.75) is 0 Å². The van der Waals surface area contributed by atoms with Crippen molar-refractivity contribution in [1.82, 2.24) is 10.6 Å². The third kappa shape index (κ3) is 8.22. The summed E-state index contributed by atoms with van der Waals surface area (Å²) in [6, 6.07) is 8.33. The number of carboxylic acid groups (broad SMARTS) is 1. The number of benzene rings is 1. The van der Waals surface area contributed by atoms with Gasteiger partial charge in [-0.25, -0.2) is 9.59 Å². The SMILES string of the molecule is O=C(O)COCCNC(=O)CNC(=O)Nc1ccccc1. The van der Waals surface area contributed by atoms with Crippen molar-refractivity contribution in [1.29, 1.82) is 0 Å². The second kappa shape index (κ2) is 9.32. The summed E-state index contributed by atoms with van der Waals surface area (Å²) in [5, 5.41) is 15.8. The minimum Gasteiger partial charge on any atom is -0.480 e. The second-order valence-electron chi connectivity index (χ2n) is 3.97. The molecule has 0 aliphatic carbocycles. The molecule has 1 rings (SSSR count). The summed E-state index contributed by atoms with van der Waals surface area (Å²) in [6.07, 6.45) is 0. The number of hydrogen-bond donors (Lipinski definition) is 4. The molecule has 0 atom stereocenters. The van der Waals surface area contributed by atoms with Crippen LogP contribution in [0.15, 0.2) is 30.3 Å². The van der Waals surface area contributed by atoms with Crippen molar-refractivity contribution in [3.05, 3.63) is 30.3 Å². The Kier molecular flexibility index (Phi) is 7.30. The Balaban J connectivity index is 2.09. The fourth-order valence-corrected chi connectivity index (χ4v) is 1.34. The van der Waals surface area contributed by atoms with E-state index in [0.717, 1.165) is 0 Å². The zero-order chi connectivity index (χ0) is 15.5.